The highest BCUT2D eigenvalue weighted by molar-refractivity contribution is 14.1. The highest BCUT2D eigenvalue weighted by atomic mass is 127. The van der Waals surface area contributed by atoms with Crippen LogP contribution in [0, 0.1) is 12.7 Å². The fourth-order valence-electron chi connectivity index (χ4n) is 4.50. The molecule has 2 aliphatic heterocycles. The van der Waals surface area contributed by atoms with Crippen LogP contribution in [0.5, 0.6) is 0 Å². The molecule has 0 bridgehead atoms. The number of nitrogens with zero attached hydrogens (tertiary/aromatic N) is 5. The van der Waals surface area contributed by atoms with Gasteiger partial charge in [-0.05, 0) is 27.3 Å². The Bertz CT molecular complexity index is 996. The minimum absolute atomic E-state index is 0.160. The molecule has 0 N–H and O–H groups in total. The molecular weight excluding hydrogens is 484 g/mol. The summed E-state index contributed by atoms with van der Waals surface area (Å²) in [6.45, 7) is 6.32. The lowest BCUT2D eigenvalue weighted by Gasteiger charge is -2.47. The fraction of sp³-hybridized carbons (Fsp3) is 0.556. The summed E-state index contributed by atoms with van der Waals surface area (Å²) in [6, 6.07) is 0.367. The molecule has 0 aliphatic carbocycles. The van der Waals surface area contributed by atoms with Crippen molar-refractivity contribution in [1.29, 1.82) is 0 Å². The van der Waals surface area contributed by atoms with E-state index in [1.54, 1.807) is 6.92 Å². The van der Waals surface area contributed by atoms with Crippen molar-refractivity contribution in [2.45, 2.75) is 32.4 Å². The second kappa shape index (κ2) is 6.73. The number of hydrogen-bond acceptors (Lipinski definition) is 5. The molecule has 1 fully saturated rings. The third-order valence-corrected chi connectivity index (χ3v) is 7.09. The van der Waals surface area contributed by atoms with Crippen LogP contribution in [0.15, 0.2) is 4.79 Å². The summed E-state index contributed by atoms with van der Waals surface area (Å²) in [5.74, 6) is 0.0945. The lowest BCUT2D eigenvalue weighted by Crippen LogP contribution is -2.58. The molecule has 2 aliphatic rings. The van der Waals surface area contributed by atoms with Gasteiger partial charge in [0.1, 0.15) is 11.3 Å². The highest BCUT2D eigenvalue weighted by Gasteiger charge is 2.37. The molecular formula is C18H22ClFIN5O. The molecule has 0 amide bonds. The van der Waals surface area contributed by atoms with Crippen LogP contribution in [0.1, 0.15) is 18.9 Å². The molecule has 2 aromatic rings. The van der Waals surface area contributed by atoms with Crippen molar-refractivity contribution in [3.63, 3.8) is 0 Å². The van der Waals surface area contributed by atoms with E-state index in [2.05, 4.69) is 33.7 Å². The molecule has 146 valence electrons. The van der Waals surface area contributed by atoms with E-state index in [-0.39, 0.29) is 17.6 Å². The first kappa shape index (κ1) is 19.2. The third kappa shape index (κ3) is 2.82. The fourth-order valence-corrected chi connectivity index (χ4v) is 5.38. The topological polar surface area (TPSA) is 44.6 Å². The van der Waals surface area contributed by atoms with Gasteiger partial charge < -0.3 is 14.7 Å². The Labute approximate surface area is 176 Å². The van der Waals surface area contributed by atoms with Gasteiger partial charge in [-0.25, -0.2) is 12.0 Å². The number of piperazine rings is 1. The summed E-state index contributed by atoms with van der Waals surface area (Å²) < 4.78 is 16.5. The largest absolute Gasteiger partial charge is 0.373 e. The maximum Gasteiger partial charge on any atom is 0.359 e. The second-order valence-corrected chi connectivity index (χ2v) is 9.01. The molecule has 1 aromatic heterocycles. The maximum atomic E-state index is 15.2. The lowest BCUT2D eigenvalue weighted by molar-refractivity contribution is 0.226. The first-order chi connectivity index (χ1) is 12.7. The number of hydrogen-bond donors (Lipinski definition) is 0. The molecule has 1 saturated heterocycles. The van der Waals surface area contributed by atoms with Crippen molar-refractivity contribution < 1.29 is 4.39 Å². The Morgan fingerprint density at radius 1 is 1.30 bits per heavy atom. The van der Waals surface area contributed by atoms with E-state index in [9.17, 15) is 4.79 Å². The van der Waals surface area contributed by atoms with Crippen molar-refractivity contribution in [1.82, 2.24) is 12.7 Å². The van der Waals surface area contributed by atoms with Gasteiger partial charge in [-0.15, -0.1) is 0 Å². The predicted molar refractivity (Wildman–Crippen MR) is 116 cm³/mol. The molecule has 27 heavy (non-hydrogen) atoms. The highest BCUT2D eigenvalue weighted by Crippen LogP contribution is 2.44. The van der Waals surface area contributed by atoms with Gasteiger partial charge in [-0.2, -0.15) is 4.98 Å². The van der Waals surface area contributed by atoms with Crippen molar-refractivity contribution in [2.24, 2.45) is 0 Å². The molecule has 0 spiro atoms. The van der Waals surface area contributed by atoms with E-state index in [1.807, 2.05) is 29.9 Å². The standard InChI is InChI=1S/C18H22ClFIN5O/c1-9-7-23(3)8-11-5-6-24(4)15-12-16(14(20)10(2)13(15)19)26(21)18(27)22-17(12)25(9)11/h9,11H,5-8H2,1-4H3. The Morgan fingerprint density at radius 3 is 2.70 bits per heavy atom. The molecule has 9 heteroatoms. The van der Waals surface area contributed by atoms with Crippen LogP contribution in [-0.4, -0.2) is 58.5 Å². The van der Waals surface area contributed by atoms with Gasteiger partial charge in [0.15, 0.2) is 5.82 Å². The van der Waals surface area contributed by atoms with Crippen LogP contribution >= 0.6 is 34.5 Å². The van der Waals surface area contributed by atoms with E-state index < -0.39 is 11.5 Å². The summed E-state index contributed by atoms with van der Waals surface area (Å²) in [5.41, 5.74) is 0.915. The smallest absolute Gasteiger partial charge is 0.359 e. The van der Waals surface area contributed by atoms with Gasteiger partial charge in [0, 0.05) is 44.3 Å². The maximum absolute atomic E-state index is 15.2. The Balaban J connectivity index is 2.16. The monoisotopic (exact) mass is 505 g/mol. The predicted octanol–water partition coefficient (Wildman–Crippen LogP) is 3.04. The number of rotatable bonds is 0. The van der Waals surface area contributed by atoms with Gasteiger partial charge in [0.25, 0.3) is 0 Å². The number of aromatic nitrogens is 2. The molecule has 1 aromatic carbocycles. The number of halogens is 3. The Morgan fingerprint density at radius 2 is 2.00 bits per heavy atom. The minimum atomic E-state index is -0.460. The SMILES string of the molecule is Cc1c(Cl)c2c3c(nc(=O)n(I)c3c1F)N1C(C)CN(C)CC1CCN2C. The number of fused-ring (bicyclic) bond motifs is 2. The Hall–Kier alpha value is -1.13. The second-order valence-electron chi connectivity index (χ2n) is 7.67. The summed E-state index contributed by atoms with van der Waals surface area (Å²) in [7, 11) is 4.08. The summed E-state index contributed by atoms with van der Waals surface area (Å²) >= 11 is 8.43. The first-order valence-electron chi connectivity index (χ1n) is 9.00. The van der Waals surface area contributed by atoms with Crippen molar-refractivity contribution in [3.05, 3.63) is 26.9 Å². The number of benzene rings is 1. The van der Waals surface area contributed by atoms with E-state index in [4.69, 9.17) is 11.6 Å². The quantitative estimate of drug-likeness (QED) is 0.515. The van der Waals surface area contributed by atoms with E-state index in [0.29, 0.717) is 21.8 Å². The van der Waals surface area contributed by atoms with Crippen LogP contribution < -0.4 is 15.5 Å². The van der Waals surface area contributed by atoms with Crippen LogP contribution in [0.25, 0.3) is 10.9 Å². The summed E-state index contributed by atoms with van der Waals surface area (Å²) in [5, 5.41) is 1.02. The zero-order chi connectivity index (χ0) is 19.6. The van der Waals surface area contributed by atoms with E-state index >= 15 is 4.39 Å². The van der Waals surface area contributed by atoms with Crippen LogP contribution in [0.3, 0.4) is 0 Å². The molecule has 2 atom stereocenters. The minimum Gasteiger partial charge on any atom is -0.373 e. The third-order valence-electron chi connectivity index (χ3n) is 5.73. The summed E-state index contributed by atoms with van der Waals surface area (Å²) in [6.07, 6.45) is 0.911. The van der Waals surface area contributed by atoms with Gasteiger partial charge in [-0.1, -0.05) is 11.6 Å². The molecule has 0 radical (unpaired) electrons. The van der Waals surface area contributed by atoms with Gasteiger partial charge in [-0.3, -0.25) is 0 Å². The molecule has 0 saturated carbocycles. The average Bonchev–Trinajstić information content (AvgIpc) is 2.59. The summed E-state index contributed by atoms with van der Waals surface area (Å²) in [4.78, 5) is 23.6. The number of likely N-dealkylation sites (N-methyl/N-ethyl adjacent to an activating group) is 1. The number of anilines is 2. The van der Waals surface area contributed by atoms with E-state index in [0.717, 1.165) is 31.7 Å². The molecule has 3 heterocycles. The molecule has 4 rings (SSSR count). The van der Waals surface area contributed by atoms with Crippen molar-refractivity contribution in [2.75, 3.05) is 43.5 Å². The van der Waals surface area contributed by atoms with Crippen molar-refractivity contribution in [3.8, 4) is 0 Å². The van der Waals surface area contributed by atoms with Gasteiger partial charge in [0.2, 0.25) is 0 Å². The van der Waals surface area contributed by atoms with Gasteiger partial charge >= 0.3 is 5.69 Å². The molecule has 6 nitrogen and oxygen atoms in total. The van der Waals surface area contributed by atoms with E-state index in [1.165, 1.54) is 2.78 Å². The van der Waals surface area contributed by atoms with Crippen LogP contribution in [-0.2, 0) is 0 Å². The zero-order valence-electron chi connectivity index (χ0n) is 15.8. The normalized spacial score (nSPS) is 23.4. The van der Waals surface area contributed by atoms with Crippen LogP contribution in [0.4, 0.5) is 15.9 Å². The lowest BCUT2D eigenvalue weighted by atomic mass is 9.99. The first-order valence-corrected chi connectivity index (χ1v) is 10.3. The molecule has 2 unspecified atom stereocenters. The zero-order valence-corrected chi connectivity index (χ0v) is 18.7. The van der Waals surface area contributed by atoms with Crippen molar-refractivity contribution >= 4 is 56.9 Å². The Kier molecular flexibility index (Phi) is 4.79. The van der Waals surface area contributed by atoms with Crippen LogP contribution in [0.2, 0.25) is 5.02 Å². The van der Waals surface area contributed by atoms with Gasteiger partial charge in [0.05, 0.1) is 39.0 Å². The average molecular weight is 506 g/mol.